The van der Waals surface area contributed by atoms with Gasteiger partial charge in [-0.1, -0.05) is 11.6 Å². The Bertz CT molecular complexity index is 525. The van der Waals surface area contributed by atoms with Crippen molar-refractivity contribution in [2.75, 3.05) is 6.54 Å². The fourth-order valence-electron chi connectivity index (χ4n) is 1.82. The zero-order valence-electron chi connectivity index (χ0n) is 12.7. The van der Waals surface area contributed by atoms with Crippen molar-refractivity contribution >= 4 is 35.1 Å². The molecule has 124 valence electrons. The number of rotatable bonds is 4. The van der Waals surface area contributed by atoms with Gasteiger partial charge in [0.15, 0.2) is 10.7 Å². The highest BCUT2D eigenvalue weighted by molar-refractivity contribution is 6.40. The molecule has 0 aliphatic heterocycles. The lowest BCUT2D eigenvalue weighted by atomic mass is 9.89. The Balaban J connectivity index is 2.59. The first kappa shape index (κ1) is 18.8. The van der Waals surface area contributed by atoms with Gasteiger partial charge in [0.25, 0.3) is 0 Å². The van der Waals surface area contributed by atoms with Gasteiger partial charge in [0, 0.05) is 18.7 Å². The summed E-state index contributed by atoms with van der Waals surface area (Å²) >= 11 is 12.0. The summed E-state index contributed by atoms with van der Waals surface area (Å²) in [5.41, 5.74) is 5.17. The summed E-state index contributed by atoms with van der Waals surface area (Å²) in [5, 5.41) is 12.4. The average Bonchev–Trinajstić information content (AvgIpc) is 2.33. The highest BCUT2D eigenvalue weighted by Gasteiger charge is 2.44. The first-order valence-corrected chi connectivity index (χ1v) is 7.44. The third kappa shape index (κ3) is 4.90. The van der Waals surface area contributed by atoms with Crippen LogP contribution in [0.2, 0.25) is 0 Å². The van der Waals surface area contributed by atoms with Gasteiger partial charge in [-0.25, -0.2) is 4.79 Å². The molecule has 0 bridgehead atoms. The monoisotopic (exact) mass is 350 g/mol. The molecule has 0 saturated heterocycles. The van der Waals surface area contributed by atoms with E-state index in [-0.39, 0.29) is 23.7 Å². The van der Waals surface area contributed by atoms with Crippen molar-refractivity contribution in [3.05, 3.63) is 22.9 Å². The predicted octanol–water partition coefficient (Wildman–Crippen LogP) is 1.79. The van der Waals surface area contributed by atoms with Crippen LogP contribution in [0.15, 0.2) is 22.9 Å². The van der Waals surface area contributed by atoms with Crippen molar-refractivity contribution in [3.63, 3.8) is 0 Å². The van der Waals surface area contributed by atoms with E-state index in [2.05, 4.69) is 5.32 Å². The van der Waals surface area contributed by atoms with Crippen LogP contribution >= 0.6 is 23.2 Å². The second-order valence-corrected chi connectivity index (χ2v) is 7.01. The highest BCUT2D eigenvalue weighted by atomic mass is 35.5. The van der Waals surface area contributed by atoms with Crippen LogP contribution in [0, 0.1) is 0 Å². The number of nitrogens with one attached hydrogen (secondary N) is 1. The lowest BCUT2D eigenvalue weighted by molar-refractivity contribution is -0.122. The maximum Gasteiger partial charge on any atom is 0.407 e. The summed E-state index contributed by atoms with van der Waals surface area (Å²) < 4.78 is 5.04. The number of nitrogens with two attached hydrogens (primary N) is 1. The summed E-state index contributed by atoms with van der Waals surface area (Å²) in [4.78, 5) is 22.0. The van der Waals surface area contributed by atoms with Crippen LogP contribution in [0.5, 0.6) is 0 Å². The van der Waals surface area contributed by atoms with Gasteiger partial charge in [-0.3, -0.25) is 4.79 Å². The molecule has 1 aliphatic rings. The molecular weight excluding hydrogens is 331 g/mol. The zero-order valence-corrected chi connectivity index (χ0v) is 14.2. The van der Waals surface area contributed by atoms with Crippen LogP contribution in [0.25, 0.3) is 0 Å². The molecule has 0 aromatic carbocycles. The van der Waals surface area contributed by atoms with E-state index in [0.29, 0.717) is 0 Å². The largest absolute Gasteiger partial charge is 0.444 e. The Kier molecular flexibility index (Phi) is 5.89. The number of Topliss-reactive ketones (excluding diaryl/α,β-unsaturated/α-hetero) is 1. The van der Waals surface area contributed by atoms with Crippen molar-refractivity contribution in [2.45, 2.75) is 43.8 Å². The topological polar surface area (TPSA) is 102 Å². The van der Waals surface area contributed by atoms with Gasteiger partial charge in [-0.15, -0.1) is 11.6 Å². The number of aliphatic hydroxyl groups is 1. The van der Waals surface area contributed by atoms with E-state index in [1.165, 1.54) is 12.2 Å². The Hall–Kier alpha value is -1.24. The second-order valence-electron chi connectivity index (χ2n) is 5.95. The summed E-state index contributed by atoms with van der Waals surface area (Å²) in [6.07, 6.45) is 0.464. The normalized spacial score (nSPS) is 25.1. The Morgan fingerprint density at radius 1 is 1.50 bits per heavy atom. The molecule has 2 atom stereocenters. The number of allylic oxidation sites excluding steroid dienone is 1. The van der Waals surface area contributed by atoms with Crippen molar-refractivity contribution in [1.29, 1.82) is 0 Å². The van der Waals surface area contributed by atoms with Gasteiger partial charge in [-0.2, -0.15) is 0 Å². The standard InChI is InChI=1S/C14H20Cl2N2O4/c1-13(2,3)22-12(21)18-5-4-10(19)14(16)7-8(17)6-9(15)11(14)20/h6-7,11,20H,4-5,17H2,1-3H3,(H,18,21). The van der Waals surface area contributed by atoms with Gasteiger partial charge in [0.1, 0.15) is 11.7 Å². The molecule has 1 aliphatic carbocycles. The molecule has 2 unspecified atom stereocenters. The molecule has 1 rings (SSSR count). The molecule has 1 amide bonds. The third-order valence-electron chi connectivity index (χ3n) is 2.79. The highest BCUT2D eigenvalue weighted by Crippen LogP contribution is 2.35. The number of alkyl carbamates (subject to hydrolysis) is 1. The number of aliphatic hydroxyl groups excluding tert-OH is 1. The van der Waals surface area contributed by atoms with E-state index in [0.717, 1.165) is 0 Å². The average molecular weight is 351 g/mol. The Labute approximate surface area is 139 Å². The predicted molar refractivity (Wildman–Crippen MR) is 84.7 cm³/mol. The summed E-state index contributed by atoms with van der Waals surface area (Å²) in [6.45, 7) is 5.20. The number of hydrogen-bond acceptors (Lipinski definition) is 5. The molecule has 4 N–H and O–H groups in total. The minimum absolute atomic E-state index is 0.0107. The Morgan fingerprint density at radius 2 is 2.09 bits per heavy atom. The van der Waals surface area contributed by atoms with E-state index in [1.54, 1.807) is 20.8 Å². The number of carbonyl (C=O) groups excluding carboxylic acids is 2. The van der Waals surface area contributed by atoms with E-state index >= 15 is 0 Å². The quantitative estimate of drug-likeness (QED) is 0.671. The zero-order chi connectivity index (χ0) is 17.1. The van der Waals surface area contributed by atoms with Crippen molar-refractivity contribution in [3.8, 4) is 0 Å². The van der Waals surface area contributed by atoms with Gasteiger partial charge in [0.05, 0.1) is 5.03 Å². The van der Waals surface area contributed by atoms with Gasteiger partial charge in [0.2, 0.25) is 0 Å². The second kappa shape index (κ2) is 6.89. The Morgan fingerprint density at radius 3 is 2.64 bits per heavy atom. The van der Waals surface area contributed by atoms with E-state index in [4.69, 9.17) is 33.7 Å². The number of ether oxygens (including phenoxy) is 1. The smallest absolute Gasteiger partial charge is 0.407 e. The number of hydrogen-bond donors (Lipinski definition) is 3. The van der Waals surface area contributed by atoms with E-state index < -0.39 is 28.5 Å². The van der Waals surface area contributed by atoms with Crippen LogP contribution in [0.4, 0.5) is 4.79 Å². The minimum Gasteiger partial charge on any atom is -0.444 e. The molecule has 0 radical (unpaired) electrons. The van der Waals surface area contributed by atoms with Crippen LogP contribution < -0.4 is 11.1 Å². The number of amides is 1. The number of ketones is 1. The SMILES string of the molecule is CC(C)(C)OC(=O)NCCC(=O)C1(Cl)C=C(N)C=C(Cl)C1O. The lowest BCUT2D eigenvalue weighted by Crippen LogP contribution is -2.46. The molecule has 8 heteroatoms. The number of alkyl halides is 1. The molecule has 0 aromatic rings. The maximum atomic E-state index is 12.2. The van der Waals surface area contributed by atoms with Crippen molar-refractivity contribution < 1.29 is 19.4 Å². The van der Waals surface area contributed by atoms with Gasteiger partial charge < -0.3 is 20.9 Å². The molecule has 22 heavy (non-hydrogen) atoms. The van der Waals surface area contributed by atoms with Crippen LogP contribution in [0.1, 0.15) is 27.2 Å². The van der Waals surface area contributed by atoms with Crippen LogP contribution in [-0.2, 0) is 9.53 Å². The van der Waals surface area contributed by atoms with Crippen molar-refractivity contribution in [1.82, 2.24) is 5.32 Å². The minimum atomic E-state index is -1.73. The maximum absolute atomic E-state index is 12.2. The van der Waals surface area contributed by atoms with Gasteiger partial charge in [-0.05, 0) is 32.9 Å². The number of halogens is 2. The number of carbonyl (C=O) groups is 2. The molecule has 0 fully saturated rings. The molecule has 0 heterocycles. The fourth-order valence-corrected chi connectivity index (χ4v) is 2.51. The first-order chi connectivity index (χ1) is 9.95. The first-order valence-electron chi connectivity index (χ1n) is 6.68. The van der Waals surface area contributed by atoms with Gasteiger partial charge >= 0.3 is 6.09 Å². The molecular formula is C14H20Cl2N2O4. The van der Waals surface area contributed by atoms with E-state index in [1.807, 2.05) is 0 Å². The fraction of sp³-hybridized carbons (Fsp3) is 0.571. The molecule has 6 nitrogen and oxygen atoms in total. The molecule has 0 spiro atoms. The van der Waals surface area contributed by atoms with E-state index in [9.17, 15) is 14.7 Å². The van der Waals surface area contributed by atoms with Crippen LogP contribution in [-0.4, -0.2) is 40.1 Å². The summed E-state index contributed by atoms with van der Waals surface area (Å²) in [7, 11) is 0. The summed E-state index contributed by atoms with van der Waals surface area (Å²) in [6, 6.07) is 0. The molecule has 0 aromatic heterocycles. The third-order valence-corrected chi connectivity index (χ3v) is 3.63. The molecule has 0 saturated carbocycles. The van der Waals surface area contributed by atoms with Crippen LogP contribution in [0.3, 0.4) is 0 Å². The lowest BCUT2D eigenvalue weighted by Gasteiger charge is -2.30. The summed E-state index contributed by atoms with van der Waals surface area (Å²) in [5.74, 6) is -0.507. The van der Waals surface area contributed by atoms with Crippen molar-refractivity contribution in [2.24, 2.45) is 5.73 Å².